The molecule has 0 unspecified atom stereocenters. The molecule has 0 saturated heterocycles. The molecule has 0 fully saturated rings. The molecule has 98 valence electrons. The largest absolute Gasteiger partial charge is 0.480 e. The van der Waals surface area contributed by atoms with Crippen molar-refractivity contribution >= 4 is 23.6 Å². The van der Waals surface area contributed by atoms with E-state index in [9.17, 15) is 18.4 Å². The van der Waals surface area contributed by atoms with Crippen LogP contribution in [0.4, 0.5) is 8.78 Å². The van der Waals surface area contributed by atoms with Gasteiger partial charge in [0.15, 0.2) is 0 Å². The lowest BCUT2D eigenvalue weighted by Crippen LogP contribution is -2.32. The maximum atomic E-state index is 12.3. The van der Waals surface area contributed by atoms with E-state index in [1.807, 2.05) is 0 Å². The Bertz CT molecular complexity index is 454. The number of amides is 1. The van der Waals surface area contributed by atoms with Crippen molar-refractivity contribution in [2.45, 2.75) is 10.7 Å². The molecule has 18 heavy (non-hydrogen) atoms. The summed E-state index contributed by atoms with van der Waals surface area (Å²) in [4.78, 5) is 23.5. The number of benzene rings is 1. The van der Waals surface area contributed by atoms with Crippen LogP contribution in [0.3, 0.4) is 0 Å². The number of carbonyl (C=O) groups is 2. The van der Waals surface area contributed by atoms with Gasteiger partial charge in [0, 0.05) is 11.9 Å². The van der Waals surface area contributed by atoms with Crippen molar-refractivity contribution in [2.75, 3.05) is 13.6 Å². The molecule has 0 aromatic heterocycles. The molecular formula is C11H11F2NO3S. The lowest BCUT2D eigenvalue weighted by atomic mass is 10.2. The SMILES string of the molecule is CN(CC(=O)O)C(=O)c1ccccc1SC(F)F. The van der Waals surface area contributed by atoms with E-state index in [1.54, 1.807) is 6.07 Å². The lowest BCUT2D eigenvalue weighted by molar-refractivity contribution is -0.137. The summed E-state index contributed by atoms with van der Waals surface area (Å²) in [7, 11) is 1.31. The molecule has 0 aliphatic rings. The Labute approximate surface area is 107 Å². The summed E-state index contributed by atoms with van der Waals surface area (Å²) in [6, 6.07) is 5.88. The third-order valence-electron chi connectivity index (χ3n) is 2.05. The first-order valence-electron chi connectivity index (χ1n) is 4.93. The third kappa shape index (κ3) is 3.99. The fraction of sp³-hybridized carbons (Fsp3) is 0.273. The number of aliphatic carboxylic acids is 1. The molecule has 4 nitrogen and oxygen atoms in total. The van der Waals surface area contributed by atoms with Crippen LogP contribution in [0.25, 0.3) is 0 Å². The molecule has 1 amide bonds. The van der Waals surface area contributed by atoms with E-state index < -0.39 is 24.2 Å². The molecule has 0 saturated carbocycles. The number of halogens is 2. The average molecular weight is 275 g/mol. The quantitative estimate of drug-likeness (QED) is 0.837. The van der Waals surface area contributed by atoms with Crippen LogP contribution < -0.4 is 0 Å². The number of nitrogens with zero attached hydrogens (tertiary/aromatic N) is 1. The summed E-state index contributed by atoms with van der Waals surface area (Å²) >= 11 is 0.261. The second kappa shape index (κ2) is 6.34. The van der Waals surface area contributed by atoms with Gasteiger partial charge in [0.05, 0.1) is 5.56 Å². The second-order valence-electron chi connectivity index (χ2n) is 3.43. The topological polar surface area (TPSA) is 57.6 Å². The number of likely N-dealkylation sites (N-methyl/N-ethyl adjacent to an activating group) is 1. The average Bonchev–Trinajstić information content (AvgIpc) is 2.27. The van der Waals surface area contributed by atoms with E-state index in [0.717, 1.165) is 4.90 Å². The molecule has 0 atom stereocenters. The molecule has 1 rings (SSSR count). The van der Waals surface area contributed by atoms with Crippen molar-refractivity contribution in [1.29, 1.82) is 0 Å². The first-order chi connectivity index (χ1) is 8.41. The van der Waals surface area contributed by atoms with Gasteiger partial charge < -0.3 is 10.0 Å². The molecule has 0 radical (unpaired) electrons. The molecule has 0 bridgehead atoms. The molecule has 1 aromatic carbocycles. The molecule has 7 heteroatoms. The molecule has 1 aromatic rings. The highest BCUT2D eigenvalue weighted by Crippen LogP contribution is 2.28. The van der Waals surface area contributed by atoms with Gasteiger partial charge >= 0.3 is 5.97 Å². The Morgan fingerprint density at radius 2 is 2.00 bits per heavy atom. The number of carbonyl (C=O) groups excluding carboxylic acids is 1. The number of carboxylic acid groups (broad SMARTS) is 1. The van der Waals surface area contributed by atoms with Gasteiger partial charge in [-0.1, -0.05) is 23.9 Å². The Morgan fingerprint density at radius 3 is 2.56 bits per heavy atom. The number of rotatable bonds is 5. The standard InChI is InChI=1S/C11H11F2NO3S/c1-14(6-9(15)16)10(17)7-4-2-3-5-8(7)18-11(12)13/h2-5,11H,6H2,1H3,(H,15,16). The number of alkyl halides is 2. The zero-order chi connectivity index (χ0) is 13.7. The van der Waals surface area contributed by atoms with Gasteiger partial charge in [0.1, 0.15) is 6.54 Å². The van der Waals surface area contributed by atoms with Crippen LogP contribution in [0.15, 0.2) is 29.2 Å². The van der Waals surface area contributed by atoms with Crippen LogP contribution in [0.2, 0.25) is 0 Å². The summed E-state index contributed by atoms with van der Waals surface area (Å²) in [6.45, 7) is -0.480. The third-order valence-corrected chi connectivity index (χ3v) is 2.84. The molecule has 1 N–H and O–H groups in total. The number of hydrogen-bond donors (Lipinski definition) is 1. The smallest absolute Gasteiger partial charge is 0.323 e. The van der Waals surface area contributed by atoms with Crippen molar-refractivity contribution in [1.82, 2.24) is 4.90 Å². The van der Waals surface area contributed by atoms with Crippen molar-refractivity contribution in [2.24, 2.45) is 0 Å². The van der Waals surface area contributed by atoms with Crippen LogP contribution in [0, 0.1) is 0 Å². The summed E-state index contributed by atoms with van der Waals surface area (Å²) in [5.41, 5.74) is 0.0755. The van der Waals surface area contributed by atoms with Gasteiger partial charge in [-0.05, 0) is 12.1 Å². The maximum Gasteiger partial charge on any atom is 0.323 e. The molecule has 0 aliphatic heterocycles. The molecular weight excluding hydrogens is 264 g/mol. The van der Waals surface area contributed by atoms with Crippen molar-refractivity contribution < 1.29 is 23.5 Å². The van der Waals surface area contributed by atoms with Gasteiger partial charge in [0.2, 0.25) is 0 Å². The normalized spacial score (nSPS) is 10.4. The fourth-order valence-corrected chi connectivity index (χ4v) is 1.95. The second-order valence-corrected chi connectivity index (χ2v) is 4.46. The lowest BCUT2D eigenvalue weighted by Gasteiger charge is -2.16. The highest BCUT2D eigenvalue weighted by atomic mass is 32.2. The molecule has 0 aliphatic carbocycles. The minimum atomic E-state index is -2.64. The Hall–Kier alpha value is -1.63. The van der Waals surface area contributed by atoms with Crippen LogP contribution >= 0.6 is 11.8 Å². The zero-order valence-corrected chi connectivity index (χ0v) is 10.3. The minimum Gasteiger partial charge on any atom is -0.480 e. The Kier molecular flexibility index (Phi) is 5.08. The molecule has 0 spiro atoms. The minimum absolute atomic E-state index is 0.0755. The highest BCUT2D eigenvalue weighted by Gasteiger charge is 2.19. The van der Waals surface area contributed by atoms with E-state index in [4.69, 9.17) is 5.11 Å². The van der Waals surface area contributed by atoms with Gasteiger partial charge in [-0.2, -0.15) is 8.78 Å². The summed E-state index contributed by atoms with van der Waals surface area (Å²) in [6.07, 6.45) is 0. The summed E-state index contributed by atoms with van der Waals surface area (Å²) in [5, 5.41) is 8.58. The van der Waals surface area contributed by atoms with Gasteiger partial charge in [-0.15, -0.1) is 0 Å². The highest BCUT2D eigenvalue weighted by molar-refractivity contribution is 7.99. The zero-order valence-electron chi connectivity index (χ0n) is 9.47. The van der Waals surface area contributed by atoms with Crippen LogP contribution in [0.1, 0.15) is 10.4 Å². The van der Waals surface area contributed by atoms with Crippen molar-refractivity contribution in [3.05, 3.63) is 29.8 Å². The van der Waals surface area contributed by atoms with E-state index in [1.165, 1.54) is 25.2 Å². The van der Waals surface area contributed by atoms with E-state index in [2.05, 4.69) is 0 Å². The van der Waals surface area contributed by atoms with E-state index in [-0.39, 0.29) is 22.2 Å². The Morgan fingerprint density at radius 1 is 1.39 bits per heavy atom. The summed E-state index contributed by atoms with van der Waals surface area (Å²) < 4.78 is 24.6. The number of carboxylic acids is 1. The van der Waals surface area contributed by atoms with Gasteiger partial charge in [0.25, 0.3) is 11.7 Å². The van der Waals surface area contributed by atoms with Gasteiger partial charge in [-0.25, -0.2) is 0 Å². The van der Waals surface area contributed by atoms with Crippen molar-refractivity contribution in [3.8, 4) is 0 Å². The van der Waals surface area contributed by atoms with Crippen LogP contribution in [0.5, 0.6) is 0 Å². The maximum absolute atomic E-state index is 12.3. The first-order valence-corrected chi connectivity index (χ1v) is 5.81. The van der Waals surface area contributed by atoms with E-state index in [0.29, 0.717) is 0 Å². The predicted octanol–water partition coefficient (Wildman–Crippen LogP) is 2.16. The Balaban J connectivity index is 2.94. The van der Waals surface area contributed by atoms with Gasteiger partial charge in [-0.3, -0.25) is 9.59 Å². The molecule has 0 heterocycles. The van der Waals surface area contributed by atoms with Crippen molar-refractivity contribution in [3.63, 3.8) is 0 Å². The monoisotopic (exact) mass is 275 g/mol. The number of thioether (sulfide) groups is 1. The fourth-order valence-electron chi connectivity index (χ4n) is 1.32. The van der Waals surface area contributed by atoms with Crippen LogP contribution in [-0.2, 0) is 4.79 Å². The predicted molar refractivity (Wildman–Crippen MR) is 62.9 cm³/mol. The van der Waals surface area contributed by atoms with Crippen LogP contribution in [-0.4, -0.2) is 41.2 Å². The number of hydrogen-bond acceptors (Lipinski definition) is 3. The first kappa shape index (κ1) is 14.4. The summed E-state index contributed by atoms with van der Waals surface area (Å²) in [5.74, 6) is -4.39. The van der Waals surface area contributed by atoms with E-state index >= 15 is 0 Å².